The fourth-order valence-electron chi connectivity index (χ4n) is 1.74. The molecule has 2 rings (SSSR count). The second-order valence-electron chi connectivity index (χ2n) is 3.39. The Morgan fingerprint density at radius 3 is 2.80 bits per heavy atom. The molecule has 1 N–H and O–H groups in total. The van der Waals surface area contributed by atoms with E-state index in [0.717, 1.165) is 0 Å². The molecule has 1 heterocycles. The Balaban J connectivity index is 2.52. The van der Waals surface area contributed by atoms with E-state index in [1.54, 1.807) is 26.4 Å². The summed E-state index contributed by atoms with van der Waals surface area (Å²) >= 11 is 0. The first kappa shape index (κ1) is 10.1. The smallest absolute Gasteiger partial charge is 0.132 e. The lowest BCUT2D eigenvalue weighted by Crippen LogP contribution is -2.14. The molecule has 0 fully saturated rings. The van der Waals surface area contributed by atoms with Gasteiger partial charge in [0.2, 0.25) is 0 Å². The Kier molecular flexibility index (Phi) is 2.68. The van der Waals surface area contributed by atoms with Gasteiger partial charge in [-0.25, -0.2) is 0 Å². The van der Waals surface area contributed by atoms with Crippen LogP contribution in [0, 0.1) is 0 Å². The number of hydrogen-bond acceptors (Lipinski definition) is 4. The van der Waals surface area contributed by atoms with E-state index in [0.29, 0.717) is 35.8 Å². The molecule has 0 aromatic heterocycles. The standard InChI is InChI=1S/C11H14O4/c1-13-7-5-9(14-2)11-8(12)3-4-15-10(11)6-7/h5-6,8,12H,3-4H2,1-2H3. The van der Waals surface area contributed by atoms with Crippen LogP contribution in [-0.2, 0) is 0 Å². The maximum Gasteiger partial charge on any atom is 0.132 e. The number of methoxy groups -OCH3 is 2. The summed E-state index contributed by atoms with van der Waals surface area (Å²) in [6.45, 7) is 0.518. The fraction of sp³-hybridized carbons (Fsp3) is 0.455. The summed E-state index contributed by atoms with van der Waals surface area (Å²) < 4.78 is 15.8. The Morgan fingerprint density at radius 1 is 1.33 bits per heavy atom. The van der Waals surface area contributed by atoms with Crippen molar-refractivity contribution in [2.24, 2.45) is 0 Å². The predicted octanol–water partition coefficient (Wildman–Crippen LogP) is 1.52. The number of hydrogen-bond donors (Lipinski definition) is 1. The maximum atomic E-state index is 9.84. The van der Waals surface area contributed by atoms with Crippen molar-refractivity contribution < 1.29 is 19.3 Å². The molecule has 0 amide bonds. The van der Waals surface area contributed by atoms with E-state index in [1.807, 2.05) is 0 Å². The molecular formula is C11H14O4. The van der Waals surface area contributed by atoms with E-state index in [-0.39, 0.29) is 0 Å². The third kappa shape index (κ3) is 1.72. The minimum absolute atomic E-state index is 0.518. The van der Waals surface area contributed by atoms with Gasteiger partial charge in [0, 0.05) is 18.6 Å². The zero-order valence-electron chi connectivity index (χ0n) is 8.82. The van der Waals surface area contributed by atoms with Gasteiger partial charge in [0.25, 0.3) is 0 Å². The summed E-state index contributed by atoms with van der Waals surface area (Å²) in [5.74, 6) is 1.92. The summed E-state index contributed by atoms with van der Waals surface area (Å²) in [7, 11) is 3.15. The van der Waals surface area contributed by atoms with Gasteiger partial charge in [-0.15, -0.1) is 0 Å². The van der Waals surface area contributed by atoms with Crippen LogP contribution in [0.1, 0.15) is 18.1 Å². The topological polar surface area (TPSA) is 47.9 Å². The van der Waals surface area contributed by atoms with Gasteiger partial charge in [0.05, 0.1) is 32.5 Å². The van der Waals surface area contributed by atoms with Crippen molar-refractivity contribution in [2.75, 3.05) is 20.8 Å². The molecule has 1 aliphatic heterocycles. The molecule has 15 heavy (non-hydrogen) atoms. The highest BCUT2D eigenvalue weighted by atomic mass is 16.5. The quantitative estimate of drug-likeness (QED) is 0.804. The molecule has 0 radical (unpaired) electrons. The fourth-order valence-corrected chi connectivity index (χ4v) is 1.74. The van der Waals surface area contributed by atoms with Crippen LogP contribution < -0.4 is 14.2 Å². The van der Waals surface area contributed by atoms with Crippen molar-refractivity contribution in [3.05, 3.63) is 17.7 Å². The molecule has 1 aromatic rings. The minimum Gasteiger partial charge on any atom is -0.496 e. The number of benzene rings is 1. The zero-order chi connectivity index (χ0) is 10.8. The number of aliphatic hydroxyl groups is 1. The first-order valence-electron chi connectivity index (χ1n) is 4.83. The lowest BCUT2D eigenvalue weighted by molar-refractivity contribution is 0.111. The number of rotatable bonds is 2. The van der Waals surface area contributed by atoms with Crippen LogP contribution >= 0.6 is 0 Å². The zero-order valence-corrected chi connectivity index (χ0v) is 8.82. The molecule has 4 heteroatoms. The molecule has 82 valence electrons. The van der Waals surface area contributed by atoms with E-state index >= 15 is 0 Å². The second-order valence-corrected chi connectivity index (χ2v) is 3.39. The maximum absolute atomic E-state index is 9.84. The van der Waals surface area contributed by atoms with E-state index in [1.165, 1.54) is 0 Å². The average molecular weight is 210 g/mol. The molecule has 1 unspecified atom stereocenters. The van der Waals surface area contributed by atoms with Crippen LogP contribution in [0.4, 0.5) is 0 Å². The van der Waals surface area contributed by atoms with Gasteiger partial charge >= 0.3 is 0 Å². The van der Waals surface area contributed by atoms with E-state index in [2.05, 4.69) is 0 Å². The Labute approximate surface area is 88.4 Å². The van der Waals surface area contributed by atoms with Crippen LogP contribution in [0.5, 0.6) is 17.2 Å². The van der Waals surface area contributed by atoms with E-state index < -0.39 is 6.10 Å². The highest BCUT2D eigenvalue weighted by Gasteiger charge is 2.24. The summed E-state index contributed by atoms with van der Waals surface area (Å²) in [5, 5.41) is 9.84. The Bertz CT molecular complexity index is 345. The van der Waals surface area contributed by atoms with Gasteiger partial charge in [-0.1, -0.05) is 0 Å². The van der Waals surface area contributed by atoms with Gasteiger partial charge in [-0.2, -0.15) is 0 Å². The summed E-state index contributed by atoms with van der Waals surface area (Å²) in [5.41, 5.74) is 0.713. The largest absolute Gasteiger partial charge is 0.496 e. The van der Waals surface area contributed by atoms with Gasteiger partial charge in [-0.3, -0.25) is 0 Å². The first-order chi connectivity index (χ1) is 7.26. The van der Waals surface area contributed by atoms with Crippen LogP contribution in [-0.4, -0.2) is 25.9 Å². The Morgan fingerprint density at radius 2 is 2.13 bits per heavy atom. The number of ether oxygens (including phenoxy) is 3. The third-order valence-electron chi connectivity index (χ3n) is 2.52. The molecule has 0 saturated heterocycles. The van der Waals surface area contributed by atoms with Crippen LogP contribution in [0.2, 0.25) is 0 Å². The van der Waals surface area contributed by atoms with Crippen LogP contribution in [0.3, 0.4) is 0 Å². The molecule has 0 spiro atoms. The highest BCUT2D eigenvalue weighted by molar-refractivity contribution is 5.52. The van der Waals surface area contributed by atoms with Crippen molar-refractivity contribution in [1.29, 1.82) is 0 Å². The molecule has 4 nitrogen and oxygen atoms in total. The summed E-state index contributed by atoms with van der Waals surface area (Å²) in [6, 6.07) is 3.51. The molecule has 0 saturated carbocycles. The van der Waals surface area contributed by atoms with Gasteiger partial charge in [-0.05, 0) is 0 Å². The van der Waals surface area contributed by atoms with Crippen molar-refractivity contribution in [2.45, 2.75) is 12.5 Å². The minimum atomic E-state index is -0.519. The number of aliphatic hydroxyl groups excluding tert-OH is 1. The summed E-state index contributed by atoms with van der Waals surface area (Å²) in [4.78, 5) is 0. The SMILES string of the molecule is COc1cc(OC)c2c(c1)OCCC2O. The molecule has 1 atom stereocenters. The van der Waals surface area contributed by atoms with Crippen molar-refractivity contribution >= 4 is 0 Å². The Hall–Kier alpha value is -1.42. The van der Waals surface area contributed by atoms with E-state index in [9.17, 15) is 5.11 Å². The van der Waals surface area contributed by atoms with E-state index in [4.69, 9.17) is 14.2 Å². The molecular weight excluding hydrogens is 196 g/mol. The third-order valence-corrected chi connectivity index (χ3v) is 2.52. The normalized spacial score (nSPS) is 19.0. The van der Waals surface area contributed by atoms with Crippen molar-refractivity contribution in [3.8, 4) is 17.2 Å². The van der Waals surface area contributed by atoms with Gasteiger partial charge < -0.3 is 19.3 Å². The lowest BCUT2D eigenvalue weighted by Gasteiger charge is -2.24. The van der Waals surface area contributed by atoms with Gasteiger partial charge in [0.15, 0.2) is 0 Å². The molecule has 1 aliphatic rings. The van der Waals surface area contributed by atoms with Crippen molar-refractivity contribution in [1.82, 2.24) is 0 Å². The molecule has 1 aromatic carbocycles. The average Bonchev–Trinajstić information content (AvgIpc) is 2.27. The number of fused-ring (bicyclic) bond motifs is 1. The first-order valence-corrected chi connectivity index (χ1v) is 4.83. The lowest BCUT2D eigenvalue weighted by atomic mass is 10.0. The monoisotopic (exact) mass is 210 g/mol. The van der Waals surface area contributed by atoms with Gasteiger partial charge in [0.1, 0.15) is 17.2 Å². The van der Waals surface area contributed by atoms with Crippen LogP contribution in [0.15, 0.2) is 12.1 Å². The molecule has 0 aliphatic carbocycles. The molecule has 0 bridgehead atoms. The highest BCUT2D eigenvalue weighted by Crippen LogP contribution is 2.41. The summed E-state index contributed by atoms with van der Waals surface area (Å²) in [6.07, 6.45) is 0.0741. The predicted molar refractivity (Wildman–Crippen MR) is 54.6 cm³/mol. The van der Waals surface area contributed by atoms with Crippen LogP contribution in [0.25, 0.3) is 0 Å². The second kappa shape index (κ2) is 3.98. The van der Waals surface area contributed by atoms with Crippen molar-refractivity contribution in [3.63, 3.8) is 0 Å².